The normalized spacial score (nSPS) is 11.7. The van der Waals surface area contributed by atoms with Crippen LogP contribution < -0.4 is 5.56 Å². The first-order valence-corrected chi connectivity index (χ1v) is 10.4. The Hall–Kier alpha value is -3.08. The summed E-state index contributed by atoms with van der Waals surface area (Å²) in [6, 6.07) is 7.83. The first kappa shape index (κ1) is 20.2. The number of hydrogen-bond donors (Lipinski definition) is 2. The Bertz CT molecular complexity index is 1350. The van der Waals surface area contributed by atoms with E-state index in [1.807, 2.05) is 47.2 Å². The number of nitrogens with one attached hydrogen (secondary N) is 1. The molecule has 8 nitrogen and oxygen atoms in total. The first-order chi connectivity index (χ1) is 14.5. The second kappa shape index (κ2) is 8.34. The molecule has 154 valence electrons. The molecule has 10 heteroatoms. The van der Waals surface area contributed by atoms with Crippen LogP contribution in [0.3, 0.4) is 0 Å². The van der Waals surface area contributed by atoms with E-state index in [2.05, 4.69) is 9.98 Å². The van der Waals surface area contributed by atoms with E-state index in [-0.39, 0.29) is 16.2 Å². The summed E-state index contributed by atoms with van der Waals surface area (Å²) >= 11 is 6.70. The van der Waals surface area contributed by atoms with Crippen molar-refractivity contribution in [2.45, 2.75) is 13.5 Å². The smallest absolute Gasteiger partial charge is 0.264 e. The molecule has 0 aliphatic heterocycles. The van der Waals surface area contributed by atoms with Crippen molar-refractivity contribution in [2.24, 2.45) is 4.99 Å². The number of aromatic nitrogens is 4. The van der Waals surface area contributed by atoms with E-state index in [0.29, 0.717) is 24.7 Å². The molecule has 0 atom stereocenters. The number of aromatic amines is 1. The lowest BCUT2D eigenvalue weighted by Crippen LogP contribution is -2.20. The number of imidazole rings is 1. The topological polar surface area (TPSA) is 96.9 Å². The van der Waals surface area contributed by atoms with Gasteiger partial charge in [-0.1, -0.05) is 6.07 Å². The van der Waals surface area contributed by atoms with Gasteiger partial charge in [0.25, 0.3) is 5.56 Å². The molecule has 0 aromatic carbocycles. The molecular formula is C20H19N5O3S2. The fourth-order valence-corrected chi connectivity index (χ4v) is 4.02. The number of methoxy groups -OCH3 is 1. The number of rotatable bonds is 6. The predicted molar refractivity (Wildman–Crippen MR) is 120 cm³/mol. The highest BCUT2D eigenvalue weighted by Gasteiger charge is 2.16. The third-order valence-electron chi connectivity index (χ3n) is 4.55. The maximum Gasteiger partial charge on any atom is 0.264 e. The lowest BCUT2D eigenvalue weighted by Gasteiger charge is -2.10. The van der Waals surface area contributed by atoms with Gasteiger partial charge in [0.15, 0.2) is 10.6 Å². The molecule has 0 fully saturated rings. The maximum atomic E-state index is 12.4. The van der Waals surface area contributed by atoms with Crippen LogP contribution in [-0.2, 0) is 11.3 Å². The zero-order valence-corrected chi connectivity index (χ0v) is 18.0. The second-order valence-corrected chi connectivity index (χ2v) is 7.93. The lowest BCUT2D eigenvalue weighted by molar-refractivity contribution is 0.182. The molecule has 0 saturated carbocycles. The zero-order valence-electron chi connectivity index (χ0n) is 16.3. The number of H-pyrrole nitrogens is 1. The standard InChI is InChI=1S/C20H19N5O3S2/c1-12-5-6-24-15(10-12)22-16(14-4-3-9-30-14)17(24)21-11-13-18(26)23-20(29)25(19(13)27)7-8-28-2/h3-6,9-11,27H,7-8H2,1-2H3,(H,23,26,29)/b21-11+. The Morgan fingerprint density at radius 2 is 2.27 bits per heavy atom. The van der Waals surface area contributed by atoms with Crippen LogP contribution in [0, 0.1) is 11.7 Å². The van der Waals surface area contributed by atoms with Crippen molar-refractivity contribution in [3.8, 4) is 16.5 Å². The molecule has 0 aliphatic carbocycles. The predicted octanol–water partition coefficient (Wildman–Crippen LogP) is 3.69. The number of thiophene rings is 1. The molecule has 0 spiro atoms. The molecular weight excluding hydrogens is 422 g/mol. The van der Waals surface area contributed by atoms with E-state index in [4.69, 9.17) is 21.9 Å². The van der Waals surface area contributed by atoms with Gasteiger partial charge in [-0.05, 0) is 48.3 Å². The van der Waals surface area contributed by atoms with Crippen LogP contribution in [0.4, 0.5) is 5.82 Å². The molecule has 4 aromatic rings. The molecule has 4 heterocycles. The van der Waals surface area contributed by atoms with Gasteiger partial charge >= 0.3 is 0 Å². The Balaban J connectivity index is 1.86. The van der Waals surface area contributed by atoms with Gasteiger partial charge in [0.05, 0.1) is 18.0 Å². The molecule has 30 heavy (non-hydrogen) atoms. The molecule has 2 N–H and O–H groups in total. The number of hydrogen-bond acceptors (Lipinski definition) is 7. The highest BCUT2D eigenvalue weighted by atomic mass is 32.1. The van der Waals surface area contributed by atoms with Crippen molar-refractivity contribution in [2.75, 3.05) is 13.7 Å². The van der Waals surface area contributed by atoms with Crippen molar-refractivity contribution in [1.82, 2.24) is 18.9 Å². The van der Waals surface area contributed by atoms with Gasteiger partial charge in [-0.25, -0.2) is 9.98 Å². The number of aromatic hydroxyl groups is 1. The quantitative estimate of drug-likeness (QED) is 0.351. The van der Waals surface area contributed by atoms with Gasteiger partial charge in [0.2, 0.25) is 5.88 Å². The van der Waals surface area contributed by atoms with Gasteiger partial charge in [-0.2, -0.15) is 0 Å². The summed E-state index contributed by atoms with van der Waals surface area (Å²) in [5.41, 5.74) is 2.03. The molecule has 0 unspecified atom stereocenters. The summed E-state index contributed by atoms with van der Waals surface area (Å²) in [6.07, 6.45) is 3.23. The van der Waals surface area contributed by atoms with Crippen molar-refractivity contribution < 1.29 is 9.84 Å². The minimum Gasteiger partial charge on any atom is -0.494 e. The van der Waals surface area contributed by atoms with Crippen LogP contribution in [0.5, 0.6) is 5.88 Å². The summed E-state index contributed by atoms with van der Waals surface area (Å²) in [7, 11) is 1.55. The molecule has 0 amide bonds. The van der Waals surface area contributed by atoms with E-state index >= 15 is 0 Å². The number of nitrogens with zero attached hydrogens (tertiary/aromatic N) is 4. The largest absolute Gasteiger partial charge is 0.494 e. The average molecular weight is 442 g/mol. The number of aryl methyl sites for hydroxylation is 1. The van der Waals surface area contributed by atoms with Gasteiger partial charge < -0.3 is 9.84 Å². The van der Waals surface area contributed by atoms with Crippen LogP contribution in [-0.4, -0.2) is 44.0 Å². The monoisotopic (exact) mass is 441 g/mol. The molecule has 0 bridgehead atoms. The number of fused-ring (bicyclic) bond motifs is 1. The van der Waals surface area contributed by atoms with E-state index in [1.165, 1.54) is 10.8 Å². The minimum atomic E-state index is -0.516. The fraction of sp³-hybridized carbons (Fsp3) is 0.200. The number of pyridine rings is 1. The summed E-state index contributed by atoms with van der Waals surface area (Å²) in [4.78, 5) is 25.2. The minimum absolute atomic E-state index is 0.0129. The van der Waals surface area contributed by atoms with E-state index in [9.17, 15) is 9.90 Å². The summed E-state index contributed by atoms with van der Waals surface area (Å²) in [5.74, 6) is 0.309. The van der Waals surface area contributed by atoms with Crippen molar-refractivity contribution >= 4 is 41.2 Å². The highest BCUT2D eigenvalue weighted by Crippen LogP contribution is 2.34. The average Bonchev–Trinajstić information content (AvgIpc) is 3.35. The number of aliphatic imine (C=N–C) groups is 1. The fourth-order valence-electron chi connectivity index (χ4n) is 3.04. The van der Waals surface area contributed by atoms with Crippen LogP contribution in [0.1, 0.15) is 11.1 Å². The maximum absolute atomic E-state index is 12.4. The van der Waals surface area contributed by atoms with Crippen molar-refractivity contribution in [3.05, 3.63) is 62.1 Å². The van der Waals surface area contributed by atoms with Crippen molar-refractivity contribution in [1.29, 1.82) is 0 Å². The van der Waals surface area contributed by atoms with Crippen molar-refractivity contribution in [3.63, 3.8) is 0 Å². The first-order valence-electron chi connectivity index (χ1n) is 9.11. The molecule has 0 radical (unpaired) electrons. The van der Waals surface area contributed by atoms with Gasteiger partial charge in [-0.3, -0.25) is 18.7 Å². The summed E-state index contributed by atoms with van der Waals surface area (Å²) in [6.45, 7) is 2.63. The summed E-state index contributed by atoms with van der Waals surface area (Å²) in [5, 5.41) is 12.6. The third-order valence-corrected chi connectivity index (χ3v) is 5.75. The van der Waals surface area contributed by atoms with Crippen LogP contribution in [0.15, 0.2) is 45.6 Å². The van der Waals surface area contributed by atoms with Gasteiger partial charge in [-0.15, -0.1) is 11.3 Å². The molecule has 0 saturated heterocycles. The Kier molecular flexibility index (Phi) is 5.62. The Morgan fingerprint density at radius 3 is 3.00 bits per heavy atom. The highest BCUT2D eigenvalue weighted by molar-refractivity contribution is 7.71. The number of ether oxygens (including phenoxy) is 1. The van der Waals surface area contributed by atoms with Gasteiger partial charge in [0, 0.05) is 19.5 Å². The summed E-state index contributed by atoms with van der Waals surface area (Å²) < 4.78 is 8.42. The Labute approximate surface area is 180 Å². The molecule has 4 aromatic heterocycles. The zero-order chi connectivity index (χ0) is 21.3. The lowest BCUT2D eigenvalue weighted by atomic mass is 10.3. The second-order valence-electron chi connectivity index (χ2n) is 6.59. The van der Waals surface area contributed by atoms with Crippen LogP contribution in [0.2, 0.25) is 0 Å². The Morgan fingerprint density at radius 1 is 1.43 bits per heavy atom. The van der Waals surface area contributed by atoms with Crippen LogP contribution >= 0.6 is 23.6 Å². The van der Waals surface area contributed by atoms with E-state index in [0.717, 1.165) is 16.1 Å². The van der Waals surface area contributed by atoms with Crippen LogP contribution in [0.25, 0.3) is 16.2 Å². The molecule has 0 aliphatic rings. The third kappa shape index (κ3) is 3.72. The van der Waals surface area contributed by atoms with E-state index < -0.39 is 5.56 Å². The van der Waals surface area contributed by atoms with Gasteiger partial charge in [0.1, 0.15) is 16.9 Å². The SMILES string of the molecule is COCCn1c(O)c(/C=N/c2c(-c3cccs3)nc3cc(C)ccn23)c(=O)[nH]c1=S. The molecule has 4 rings (SSSR count). The van der Waals surface area contributed by atoms with E-state index in [1.54, 1.807) is 18.4 Å².